The van der Waals surface area contributed by atoms with Crippen LogP contribution in [0.5, 0.6) is 0 Å². The third-order valence-electron chi connectivity index (χ3n) is 2.61. The lowest BCUT2D eigenvalue weighted by Crippen LogP contribution is -2.32. The van der Waals surface area contributed by atoms with E-state index in [0.717, 1.165) is 13.0 Å². The summed E-state index contributed by atoms with van der Waals surface area (Å²) >= 11 is 4.92. The van der Waals surface area contributed by atoms with Gasteiger partial charge in [-0.05, 0) is 32.0 Å². The van der Waals surface area contributed by atoms with Gasteiger partial charge in [0.2, 0.25) is 0 Å². The van der Waals surface area contributed by atoms with Gasteiger partial charge >= 0.3 is 0 Å². The minimum absolute atomic E-state index is 0.359. The van der Waals surface area contributed by atoms with Gasteiger partial charge in [0, 0.05) is 31.4 Å². The molecule has 1 atom stereocenters. The smallest absolute Gasteiger partial charge is 0.0742 e. The summed E-state index contributed by atoms with van der Waals surface area (Å²) < 4.78 is 0. The second kappa shape index (κ2) is 5.92. The highest BCUT2D eigenvalue weighted by molar-refractivity contribution is 7.80. The fourth-order valence-electron chi connectivity index (χ4n) is 1.59. The molecule has 1 aromatic rings. The zero-order chi connectivity index (χ0) is 12.1. The SMILES string of the molecule is Cc1cncc(CN(C)C(C)CC(N)=S)c1. The minimum atomic E-state index is 0.359. The molecule has 16 heavy (non-hydrogen) atoms. The Morgan fingerprint density at radius 3 is 2.81 bits per heavy atom. The molecule has 0 amide bonds. The second-order valence-corrected chi connectivity index (χ2v) is 4.83. The van der Waals surface area contributed by atoms with Gasteiger partial charge in [0.15, 0.2) is 0 Å². The summed E-state index contributed by atoms with van der Waals surface area (Å²) in [6.07, 6.45) is 4.52. The van der Waals surface area contributed by atoms with Crippen LogP contribution in [-0.4, -0.2) is 28.0 Å². The van der Waals surface area contributed by atoms with Crippen molar-refractivity contribution in [3.05, 3.63) is 29.6 Å². The van der Waals surface area contributed by atoms with E-state index in [1.54, 1.807) is 0 Å². The van der Waals surface area contributed by atoms with Crippen molar-refractivity contribution in [2.75, 3.05) is 7.05 Å². The van der Waals surface area contributed by atoms with E-state index in [0.29, 0.717) is 11.0 Å². The van der Waals surface area contributed by atoms with E-state index in [-0.39, 0.29) is 0 Å². The molecular weight excluding hydrogens is 218 g/mol. The van der Waals surface area contributed by atoms with Crippen LogP contribution in [0.4, 0.5) is 0 Å². The van der Waals surface area contributed by atoms with Crippen molar-refractivity contribution in [1.82, 2.24) is 9.88 Å². The quantitative estimate of drug-likeness (QED) is 0.794. The van der Waals surface area contributed by atoms with E-state index in [1.165, 1.54) is 11.1 Å². The average Bonchev–Trinajstić information content (AvgIpc) is 2.16. The first-order chi connectivity index (χ1) is 7.49. The van der Waals surface area contributed by atoms with Crippen molar-refractivity contribution >= 4 is 17.2 Å². The number of rotatable bonds is 5. The first-order valence-electron chi connectivity index (χ1n) is 5.38. The van der Waals surface area contributed by atoms with E-state index >= 15 is 0 Å². The van der Waals surface area contributed by atoms with Crippen LogP contribution < -0.4 is 5.73 Å². The molecule has 1 unspecified atom stereocenters. The Morgan fingerprint density at radius 2 is 2.25 bits per heavy atom. The summed E-state index contributed by atoms with van der Waals surface area (Å²) in [6, 6.07) is 2.51. The number of aromatic nitrogens is 1. The number of pyridine rings is 1. The van der Waals surface area contributed by atoms with Crippen LogP contribution >= 0.6 is 12.2 Å². The lowest BCUT2D eigenvalue weighted by molar-refractivity contribution is 0.255. The first-order valence-corrected chi connectivity index (χ1v) is 5.79. The van der Waals surface area contributed by atoms with Gasteiger partial charge < -0.3 is 5.73 Å². The van der Waals surface area contributed by atoms with Crippen molar-refractivity contribution < 1.29 is 0 Å². The van der Waals surface area contributed by atoms with Crippen molar-refractivity contribution in [3.8, 4) is 0 Å². The zero-order valence-corrected chi connectivity index (χ0v) is 10.9. The topological polar surface area (TPSA) is 42.2 Å². The Hall–Kier alpha value is -1.00. The number of thiocarbonyl (C=S) groups is 1. The summed E-state index contributed by atoms with van der Waals surface area (Å²) in [6.45, 7) is 5.05. The zero-order valence-electron chi connectivity index (χ0n) is 10.1. The Balaban J connectivity index is 2.56. The summed E-state index contributed by atoms with van der Waals surface area (Å²) in [4.78, 5) is 6.98. The first kappa shape index (κ1) is 13.1. The number of nitrogens with two attached hydrogens (primary N) is 1. The maximum Gasteiger partial charge on any atom is 0.0742 e. The molecule has 4 heteroatoms. The predicted molar refractivity (Wildman–Crippen MR) is 71.3 cm³/mol. The highest BCUT2D eigenvalue weighted by Gasteiger charge is 2.10. The van der Waals surface area contributed by atoms with Crippen LogP contribution in [0.3, 0.4) is 0 Å². The summed E-state index contributed by atoms with van der Waals surface area (Å²) in [5, 5.41) is 0. The fourth-order valence-corrected chi connectivity index (χ4v) is 1.84. The molecule has 0 saturated carbocycles. The molecule has 1 rings (SSSR count). The van der Waals surface area contributed by atoms with Gasteiger partial charge in [-0.15, -0.1) is 0 Å². The molecule has 0 fully saturated rings. The third-order valence-corrected chi connectivity index (χ3v) is 2.78. The van der Waals surface area contributed by atoms with Gasteiger partial charge in [-0.3, -0.25) is 9.88 Å². The van der Waals surface area contributed by atoms with E-state index in [2.05, 4.69) is 36.8 Å². The lowest BCUT2D eigenvalue weighted by atomic mass is 10.1. The molecule has 1 aromatic heterocycles. The fraction of sp³-hybridized carbons (Fsp3) is 0.500. The highest BCUT2D eigenvalue weighted by Crippen LogP contribution is 2.09. The van der Waals surface area contributed by atoms with E-state index in [1.807, 2.05) is 12.4 Å². The molecule has 0 bridgehead atoms. The molecule has 88 valence electrons. The Bertz CT molecular complexity index is 365. The number of aryl methyl sites for hydroxylation is 1. The highest BCUT2D eigenvalue weighted by atomic mass is 32.1. The van der Waals surface area contributed by atoms with Gasteiger partial charge in [0.05, 0.1) is 4.99 Å². The van der Waals surface area contributed by atoms with Crippen molar-refractivity contribution in [2.45, 2.75) is 32.9 Å². The van der Waals surface area contributed by atoms with Crippen LogP contribution in [0.1, 0.15) is 24.5 Å². The molecule has 0 spiro atoms. The number of hydrogen-bond donors (Lipinski definition) is 1. The molecule has 0 aliphatic rings. The molecule has 0 radical (unpaired) electrons. The molecule has 0 aromatic carbocycles. The maximum atomic E-state index is 5.54. The summed E-state index contributed by atoms with van der Waals surface area (Å²) in [5.41, 5.74) is 7.95. The van der Waals surface area contributed by atoms with E-state index < -0.39 is 0 Å². The molecular formula is C12H19N3S. The van der Waals surface area contributed by atoms with Gasteiger partial charge in [0.25, 0.3) is 0 Å². The third kappa shape index (κ3) is 4.24. The monoisotopic (exact) mass is 237 g/mol. The van der Waals surface area contributed by atoms with Crippen molar-refractivity contribution in [2.24, 2.45) is 5.73 Å². The summed E-state index contributed by atoms with van der Waals surface area (Å²) in [5.74, 6) is 0. The number of nitrogens with zero attached hydrogens (tertiary/aromatic N) is 2. The molecule has 2 N–H and O–H groups in total. The van der Waals surface area contributed by atoms with E-state index in [4.69, 9.17) is 18.0 Å². The molecule has 0 aliphatic carbocycles. The van der Waals surface area contributed by atoms with Crippen molar-refractivity contribution in [3.63, 3.8) is 0 Å². The van der Waals surface area contributed by atoms with Gasteiger partial charge in [-0.2, -0.15) is 0 Å². The van der Waals surface area contributed by atoms with E-state index in [9.17, 15) is 0 Å². The normalized spacial score (nSPS) is 12.8. The molecule has 3 nitrogen and oxygen atoms in total. The molecule has 1 heterocycles. The van der Waals surface area contributed by atoms with Crippen molar-refractivity contribution in [1.29, 1.82) is 0 Å². The Kier molecular flexibility index (Phi) is 4.83. The Labute approximate surface area is 103 Å². The van der Waals surface area contributed by atoms with Gasteiger partial charge in [0.1, 0.15) is 0 Å². The number of hydrogen-bond acceptors (Lipinski definition) is 3. The largest absolute Gasteiger partial charge is 0.393 e. The maximum absolute atomic E-state index is 5.54. The average molecular weight is 237 g/mol. The molecule has 0 aliphatic heterocycles. The lowest BCUT2D eigenvalue weighted by Gasteiger charge is -2.24. The summed E-state index contributed by atoms with van der Waals surface area (Å²) in [7, 11) is 2.07. The second-order valence-electron chi connectivity index (χ2n) is 4.31. The Morgan fingerprint density at radius 1 is 1.56 bits per heavy atom. The van der Waals surface area contributed by atoms with Gasteiger partial charge in [-0.1, -0.05) is 18.3 Å². The van der Waals surface area contributed by atoms with Crippen LogP contribution in [0.2, 0.25) is 0 Å². The van der Waals surface area contributed by atoms with Crippen LogP contribution in [0.25, 0.3) is 0 Å². The van der Waals surface area contributed by atoms with Crippen LogP contribution in [0, 0.1) is 6.92 Å². The van der Waals surface area contributed by atoms with Crippen LogP contribution in [-0.2, 0) is 6.54 Å². The predicted octanol–water partition coefficient (Wildman–Crippen LogP) is 1.89. The van der Waals surface area contributed by atoms with Crippen LogP contribution in [0.15, 0.2) is 18.5 Å². The standard InChI is InChI=1S/C12H19N3S/c1-9-4-11(7-14-6-9)8-15(3)10(2)5-12(13)16/h4,6-7,10H,5,8H2,1-3H3,(H2,13,16). The minimum Gasteiger partial charge on any atom is -0.393 e. The van der Waals surface area contributed by atoms with Gasteiger partial charge in [-0.25, -0.2) is 0 Å². The molecule has 0 saturated heterocycles.